The molecule has 0 aliphatic carbocycles. The molecule has 3 rings (SSSR count). The molecule has 1 nitrogen and oxygen atoms in total. The van der Waals surface area contributed by atoms with Gasteiger partial charge in [0, 0.05) is 18.4 Å². The Morgan fingerprint density at radius 2 is 1.67 bits per heavy atom. The molecule has 0 saturated carbocycles. The summed E-state index contributed by atoms with van der Waals surface area (Å²) in [6, 6.07) is 15.3. The molecular weight excluding hydrogens is 218 g/mol. The van der Waals surface area contributed by atoms with Crippen LogP contribution in [0.3, 0.4) is 0 Å². The van der Waals surface area contributed by atoms with Gasteiger partial charge in [0.1, 0.15) is 0 Å². The lowest BCUT2D eigenvalue weighted by Gasteiger charge is -2.26. The van der Waals surface area contributed by atoms with Gasteiger partial charge in [-0.15, -0.1) is 0 Å². The molecule has 0 N–H and O–H groups in total. The van der Waals surface area contributed by atoms with Crippen LogP contribution in [-0.4, -0.2) is 0 Å². The maximum atomic E-state index is 2.31. The van der Waals surface area contributed by atoms with Gasteiger partial charge in [-0.1, -0.05) is 30.3 Å². The second-order valence-electron chi connectivity index (χ2n) is 4.99. The van der Waals surface area contributed by atoms with E-state index in [2.05, 4.69) is 73.5 Å². The molecule has 2 aromatic rings. The van der Waals surface area contributed by atoms with Crippen molar-refractivity contribution >= 4 is 11.8 Å². The molecule has 1 aliphatic heterocycles. The number of hydrogen-bond donors (Lipinski definition) is 0. The van der Waals surface area contributed by atoms with Crippen LogP contribution >= 0.6 is 0 Å². The quantitative estimate of drug-likeness (QED) is 0.712. The van der Waals surface area contributed by atoms with Gasteiger partial charge in [0.05, 0.1) is 0 Å². The summed E-state index contributed by atoms with van der Waals surface area (Å²) in [5.74, 6) is 0. The zero-order valence-electron chi connectivity index (χ0n) is 10.9. The molecule has 0 unspecified atom stereocenters. The first-order valence-corrected chi connectivity index (χ1v) is 6.33. The molecule has 2 aromatic carbocycles. The molecule has 0 atom stereocenters. The Kier molecular flexibility index (Phi) is 2.67. The Balaban J connectivity index is 1.97. The topological polar surface area (TPSA) is 3.24 Å². The number of aryl methyl sites for hydroxylation is 2. The molecular formula is C17H17N. The Labute approximate surface area is 108 Å². The fourth-order valence-corrected chi connectivity index (χ4v) is 2.54. The first kappa shape index (κ1) is 11.1. The highest BCUT2D eigenvalue weighted by atomic mass is 15.1. The van der Waals surface area contributed by atoms with Crippen molar-refractivity contribution in [2.75, 3.05) is 4.90 Å². The molecule has 1 heterocycles. The highest BCUT2D eigenvalue weighted by molar-refractivity contribution is 5.64. The summed E-state index contributed by atoms with van der Waals surface area (Å²) in [6.45, 7) is 5.26. The zero-order chi connectivity index (χ0) is 12.5. The van der Waals surface area contributed by atoms with E-state index in [4.69, 9.17) is 0 Å². The lowest BCUT2D eigenvalue weighted by atomic mass is 10.0. The summed E-state index contributed by atoms with van der Waals surface area (Å²) < 4.78 is 0. The lowest BCUT2D eigenvalue weighted by Crippen LogP contribution is -2.19. The second kappa shape index (κ2) is 4.34. The summed E-state index contributed by atoms with van der Waals surface area (Å²) in [7, 11) is 0. The van der Waals surface area contributed by atoms with Gasteiger partial charge in [-0.25, -0.2) is 0 Å². The molecule has 0 bridgehead atoms. The number of hydrogen-bond acceptors (Lipinski definition) is 1. The van der Waals surface area contributed by atoms with E-state index in [1.54, 1.807) is 0 Å². The largest absolute Gasteiger partial charge is 0.343 e. The minimum Gasteiger partial charge on any atom is -0.343 e. The first-order valence-electron chi connectivity index (χ1n) is 6.33. The van der Waals surface area contributed by atoms with Gasteiger partial charge in [-0.3, -0.25) is 0 Å². The maximum absolute atomic E-state index is 2.31. The van der Waals surface area contributed by atoms with E-state index in [0.717, 1.165) is 6.54 Å². The molecule has 1 heteroatoms. The van der Waals surface area contributed by atoms with Crippen LogP contribution in [0.15, 0.2) is 48.7 Å². The molecule has 0 radical (unpaired) electrons. The summed E-state index contributed by atoms with van der Waals surface area (Å²) in [5, 5.41) is 0. The van der Waals surface area contributed by atoms with Crippen LogP contribution in [-0.2, 0) is 6.54 Å². The number of anilines is 1. The Bertz CT molecular complexity index is 591. The predicted octanol–water partition coefficient (Wildman–Crippen LogP) is 4.29. The number of nitrogens with zero attached hydrogens (tertiary/aromatic N) is 1. The number of fused-ring (bicyclic) bond motifs is 1. The Hall–Kier alpha value is -2.02. The molecule has 1 aliphatic rings. The van der Waals surface area contributed by atoms with Crippen molar-refractivity contribution < 1.29 is 0 Å². The van der Waals surface area contributed by atoms with Gasteiger partial charge in [0.2, 0.25) is 0 Å². The van der Waals surface area contributed by atoms with E-state index in [1.807, 2.05) is 0 Å². The normalized spacial score (nSPS) is 13.6. The molecule has 0 fully saturated rings. The van der Waals surface area contributed by atoms with Gasteiger partial charge in [-0.05, 0) is 54.3 Å². The monoisotopic (exact) mass is 235 g/mol. The summed E-state index contributed by atoms with van der Waals surface area (Å²) >= 11 is 0. The number of benzene rings is 2. The Morgan fingerprint density at radius 3 is 2.44 bits per heavy atom. The third kappa shape index (κ3) is 2.04. The minimum absolute atomic E-state index is 0.954. The van der Waals surface area contributed by atoms with Crippen LogP contribution in [0, 0.1) is 13.8 Å². The van der Waals surface area contributed by atoms with Gasteiger partial charge in [0.25, 0.3) is 0 Å². The van der Waals surface area contributed by atoms with Gasteiger partial charge < -0.3 is 4.90 Å². The maximum Gasteiger partial charge on any atom is 0.0481 e. The standard InChI is InChI=1S/C17H17N/c1-13-9-14(2)11-17(10-13)18-8-7-15-5-3-4-6-16(15)12-18/h3-11H,12H2,1-2H3. The third-order valence-corrected chi connectivity index (χ3v) is 3.37. The Morgan fingerprint density at radius 1 is 0.944 bits per heavy atom. The molecule has 0 saturated heterocycles. The average molecular weight is 235 g/mol. The third-order valence-electron chi connectivity index (χ3n) is 3.37. The van der Waals surface area contributed by atoms with E-state index in [-0.39, 0.29) is 0 Å². The summed E-state index contributed by atoms with van der Waals surface area (Å²) in [6.07, 6.45) is 4.37. The van der Waals surface area contributed by atoms with Crippen LogP contribution in [0.4, 0.5) is 5.69 Å². The van der Waals surface area contributed by atoms with Gasteiger partial charge in [0.15, 0.2) is 0 Å². The molecule has 0 amide bonds. The van der Waals surface area contributed by atoms with Crippen LogP contribution in [0.2, 0.25) is 0 Å². The molecule has 90 valence electrons. The van der Waals surface area contributed by atoms with E-state index >= 15 is 0 Å². The van der Waals surface area contributed by atoms with Crippen LogP contribution in [0.1, 0.15) is 22.3 Å². The van der Waals surface area contributed by atoms with Gasteiger partial charge in [-0.2, -0.15) is 0 Å². The van der Waals surface area contributed by atoms with Crippen molar-refractivity contribution in [3.63, 3.8) is 0 Å². The molecule has 18 heavy (non-hydrogen) atoms. The van der Waals surface area contributed by atoms with E-state index in [9.17, 15) is 0 Å². The van der Waals surface area contributed by atoms with Crippen molar-refractivity contribution in [3.05, 3.63) is 70.9 Å². The lowest BCUT2D eigenvalue weighted by molar-refractivity contribution is 0.951. The van der Waals surface area contributed by atoms with Crippen molar-refractivity contribution in [2.24, 2.45) is 0 Å². The van der Waals surface area contributed by atoms with Crippen molar-refractivity contribution in [1.29, 1.82) is 0 Å². The SMILES string of the molecule is Cc1cc(C)cc(N2C=Cc3ccccc3C2)c1. The molecule has 0 aromatic heterocycles. The van der Waals surface area contributed by atoms with Gasteiger partial charge >= 0.3 is 0 Å². The van der Waals surface area contributed by atoms with E-state index in [0.29, 0.717) is 0 Å². The van der Waals surface area contributed by atoms with Crippen molar-refractivity contribution in [1.82, 2.24) is 0 Å². The number of rotatable bonds is 1. The van der Waals surface area contributed by atoms with Crippen LogP contribution < -0.4 is 4.90 Å². The van der Waals surface area contributed by atoms with Crippen molar-refractivity contribution in [3.8, 4) is 0 Å². The highest BCUT2D eigenvalue weighted by Crippen LogP contribution is 2.26. The van der Waals surface area contributed by atoms with E-state index < -0.39 is 0 Å². The summed E-state index contributed by atoms with van der Waals surface area (Å²) in [5.41, 5.74) is 6.63. The predicted molar refractivity (Wildman–Crippen MR) is 77.6 cm³/mol. The summed E-state index contributed by atoms with van der Waals surface area (Å²) in [4.78, 5) is 2.31. The molecule has 0 spiro atoms. The fraction of sp³-hybridized carbons (Fsp3) is 0.176. The fourth-order valence-electron chi connectivity index (χ4n) is 2.54. The first-order chi connectivity index (χ1) is 8.72. The smallest absolute Gasteiger partial charge is 0.0481 e. The van der Waals surface area contributed by atoms with Crippen LogP contribution in [0.5, 0.6) is 0 Å². The second-order valence-corrected chi connectivity index (χ2v) is 4.99. The highest BCUT2D eigenvalue weighted by Gasteiger charge is 2.11. The zero-order valence-corrected chi connectivity index (χ0v) is 10.9. The van der Waals surface area contributed by atoms with Crippen molar-refractivity contribution in [2.45, 2.75) is 20.4 Å². The minimum atomic E-state index is 0.954. The average Bonchev–Trinajstić information content (AvgIpc) is 2.37. The van der Waals surface area contributed by atoms with E-state index in [1.165, 1.54) is 27.9 Å². The van der Waals surface area contributed by atoms with Crippen LogP contribution in [0.25, 0.3) is 6.08 Å².